The summed E-state index contributed by atoms with van der Waals surface area (Å²) in [5.41, 5.74) is 2.71. The van der Waals surface area contributed by atoms with E-state index in [0.29, 0.717) is 18.7 Å². The van der Waals surface area contributed by atoms with E-state index < -0.39 is 0 Å². The van der Waals surface area contributed by atoms with E-state index in [-0.39, 0.29) is 0 Å². The molecule has 3 nitrogen and oxygen atoms in total. The van der Waals surface area contributed by atoms with Gasteiger partial charge < -0.3 is 10.1 Å². The SMILES string of the molecule is COc1ccc(C#N)cc1CNCc1cccc(Cl)c1. The molecule has 102 valence electrons. The van der Waals surface area contributed by atoms with Gasteiger partial charge in [-0.2, -0.15) is 5.26 Å². The molecule has 0 heterocycles. The van der Waals surface area contributed by atoms with Gasteiger partial charge in [0.05, 0.1) is 18.7 Å². The van der Waals surface area contributed by atoms with Gasteiger partial charge in [-0.25, -0.2) is 0 Å². The van der Waals surface area contributed by atoms with Crippen LogP contribution in [0.5, 0.6) is 5.75 Å². The van der Waals surface area contributed by atoms with Gasteiger partial charge in [-0.3, -0.25) is 0 Å². The van der Waals surface area contributed by atoms with Crippen molar-refractivity contribution >= 4 is 11.6 Å². The van der Waals surface area contributed by atoms with E-state index >= 15 is 0 Å². The number of nitrogens with one attached hydrogen (secondary N) is 1. The van der Waals surface area contributed by atoms with E-state index in [1.165, 1.54) is 0 Å². The van der Waals surface area contributed by atoms with E-state index in [2.05, 4.69) is 11.4 Å². The number of benzene rings is 2. The Hall–Kier alpha value is -2.02. The topological polar surface area (TPSA) is 45.0 Å². The van der Waals surface area contributed by atoms with Crippen molar-refractivity contribution in [1.82, 2.24) is 5.32 Å². The third-order valence-electron chi connectivity index (χ3n) is 2.94. The molecule has 0 saturated heterocycles. The van der Waals surface area contributed by atoms with E-state index in [9.17, 15) is 0 Å². The lowest BCUT2D eigenvalue weighted by atomic mass is 10.1. The van der Waals surface area contributed by atoms with Gasteiger partial charge in [0.1, 0.15) is 5.75 Å². The van der Waals surface area contributed by atoms with Crippen molar-refractivity contribution in [3.8, 4) is 11.8 Å². The Bertz CT molecular complexity index is 635. The molecule has 0 bridgehead atoms. The maximum atomic E-state index is 8.93. The largest absolute Gasteiger partial charge is 0.496 e. The normalized spacial score (nSPS) is 10.1. The van der Waals surface area contributed by atoms with Crippen molar-refractivity contribution in [2.24, 2.45) is 0 Å². The first kappa shape index (κ1) is 14.4. The summed E-state index contributed by atoms with van der Waals surface area (Å²) < 4.78 is 5.30. The van der Waals surface area contributed by atoms with Crippen LogP contribution in [0.1, 0.15) is 16.7 Å². The molecule has 1 N–H and O–H groups in total. The van der Waals surface area contributed by atoms with Crippen LogP contribution in [-0.4, -0.2) is 7.11 Å². The standard InChI is InChI=1S/C16H15ClN2O/c1-20-16-6-5-12(9-18)7-14(16)11-19-10-13-3-2-4-15(17)8-13/h2-8,19H,10-11H2,1H3. The second-order valence-electron chi connectivity index (χ2n) is 4.37. The zero-order valence-electron chi connectivity index (χ0n) is 11.2. The molecule has 0 aromatic heterocycles. The van der Waals surface area contributed by atoms with Crippen molar-refractivity contribution in [3.05, 3.63) is 64.2 Å². The van der Waals surface area contributed by atoms with Crippen LogP contribution in [0.15, 0.2) is 42.5 Å². The Morgan fingerprint density at radius 2 is 2.05 bits per heavy atom. The van der Waals surface area contributed by atoms with Gasteiger partial charge >= 0.3 is 0 Å². The zero-order valence-corrected chi connectivity index (χ0v) is 11.9. The molecule has 0 amide bonds. The fourth-order valence-corrected chi connectivity index (χ4v) is 2.19. The number of hydrogen-bond donors (Lipinski definition) is 1. The van der Waals surface area contributed by atoms with Gasteiger partial charge in [0.25, 0.3) is 0 Å². The zero-order chi connectivity index (χ0) is 14.4. The molecule has 0 aliphatic carbocycles. The highest BCUT2D eigenvalue weighted by Gasteiger charge is 2.04. The maximum absolute atomic E-state index is 8.93. The van der Waals surface area contributed by atoms with Gasteiger partial charge in [0, 0.05) is 23.7 Å². The Morgan fingerprint density at radius 1 is 1.20 bits per heavy atom. The van der Waals surface area contributed by atoms with Crippen LogP contribution in [0.3, 0.4) is 0 Å². The summed E-state index contributed by atoms with van der Waals surface area (Å²) in [6.07, 6.45) is 0. The summed E-state index contributed by atoms with van der Waals surface area (Å²) in [4.78, 5) is 0. The van der Waals surface area contributed by atoms with E-state index in [0.717, 1.165) is 21.9 Å². The lowest BCUT2D eigenvalue weighted by molar-refractivity contribution is 0.407. The van der Waals surface area contributed by atoms with Crippen LogP contribution >= 0.6 is 11.6 Å². The number of rotatable bonds is 5. The number of methoxy groups -OCH3 is 1. The summed E-state index contributed by atoms with van der Waals surface area (Å²) >= 11 is 5.94. The number of nitrogens with zero attached hydrogens (tertiary/aromatic N) is 1. The average Bonchev–Trinajstić information content (AvgIpc) is 2.47. The van der Waals surface area contributed by atoms with Crippen LogP contribution in [0, 0.1) is 11.3 Å². The molecule has 0 atom stereocenters. The smallest absolute Gasteiger partial charge is 0.123 e. The number of nitriles is 1. The van der Waals surface area contributed by atoms with E-state index in [1.807, 2.05) is 36.4 Å². The van der Waals surface area contributed by atoms with E-state index in [4.69, 9.17) is 21.6 Å². The highest BCUT2D eigenvalue weighted by molar-refractivity contribution is 6.30. The minimum atomic E-state index is 0.630. The maximum Gasteiger partial charge on any atom is 0.123 e. The van der Waals surface area contributed by atoms with Gasteiger partial charge in [0.2, 0.25) is 0 Å². The molecule has 0 radical (unpaired) electrons. The van der Waals surface area contributed by atoms with Crippen LogP contribution < -0.4 is 10.1 Å². The van der Waals surface area contributed by atoms with Crippen LogP contribution in [-0.2, 0) is 13.1 Å². The molecule has 0 unspecified atom stereocenters. The summed E-state index contributed by atoms with van der Waals surface area (Å²) in [5.74, 6) is 0.780. The summed E-state index contributed by atoms with van der Waals surface area (Å²) in [6.45, 7) is 1.34. The van der Waals surface area contributed by atoms with Crippen molar-refractivity contribution in [2.75, 3.05) is 7.11 Å². The minimum absolute atomic E-state index is 0.630. The molecule has 2 aromatic rings. The third-order valence-corrected chi connectivity index (χ3v) is 3.18. The Balaban J connectivity index is 2.02. The second-order valence-corrected chi connectivity index (χ2v) is 4.81. The summed E-state index contributed by atoms with van der Waals surface area (Å²) in [7, 11) is 1.63. The van der Waals surface area contributed by atoms with Gasteiger partial charge in [0.15, 0.2) is 0 Å². The predicted molar refractivity (Wildman–Crippen MR) is 79.7 cm³/mol. The first-order valence-corrected chi connectivity index (χ1v) is 6.63. The highest BCUT2D eigenvalue weighted by Crippen LogP contribution is 2.19. The molecule has 0 aliphatic rings. The first-order valence-electron chi connectivity index (χ1n) is 6.25. The van der Waals surface area contributed by atoms with Crippen LogP contribution in [0.2, 0.25) is 5.02 Å². The molecular weight excluding hydrogens is 272 g/mol. The number of halogens is 1. The molecular formula is C16H15ClN2O. The molecule has 0 fully saturated rings. The minimum Gasteiger partial charge on any atom is -0.496 e. The average molecular weight is 287 g/mol. The Morgan fingerprint density at radius 3 is 2.75 bits per heavy atom. The second kappa shape index (κ2) is 6.95. The molecule has 20 heavy (non-hydrogen) atoms. The van der Waals surface area contributed by atoms with Crippen molar-refractivity contribution in [3.63, 3.8) is 0 Å². The number of ether oxygens (including phenoxy) is 1. The van der Waals surface area contributed by atoms with Crippen LogP contribution in [0.4, 0.5) is 0 Å². The van der Waals surface area contributed by atoms with Gasteiger partial charge in [-0.1, -0.05) is 23.7 Å². The summed E-state index contributed by atoms with van der Waals surface area (Å²) in [5, 5.41) is 13.0. The van der Waals surface area contributed by atoms with Crippen LogP contribution in [0.25, 0.3) is 0 Å². The lowest BCUT2D eigenvalue weighted by Crippen LogP contribution is -2.13. The fraction of sp³-hybridized carbons (Fsp3) is 0.188. The molecule has 2 aromatic carbocycles. The van der Waals surface area contributed by atoms with Crippen molar-refractivity contribution in [2.45, 2.75) is 13.1 Å². The number of hydrogen-bond acceptors (Lipinski definition) is 3. The summed E-state index contributed by atoms with van der Waals surface area (Å²) in [6, 6.07) is 15.3. The van der Waals surface area contributed by atoms with E-state index in [1.54, 1.807) is 13.2 Å². The molecule has 0 aliphatic heterocycles. The third kappa shape index (κ3) is 3.74. The predicted octanol–water partition coefficient (Wildman–Crippen LogP) is 3.51. The first-order chi connectivity index (χ1) is 9.72. The molecule has 2 rings (SSSR count). The highest BCUT2D eigenvalue weighted by atomic mass is 35.5. The van der Waals surface area contributed by atoms with Gasteiger partial charge in [-0.15, -0.1) is 0 Å². The molecule has 0 spiro atoms. The fourth-order valence-electron chi connectivity index (χ4n) is 1.97. The van der Waals surface area contributed by atoms with Crippen molar-refractivity contribution < 1.29 is 4.74 Å². The Kier molecular flexibility index (Phi) is 5.00. The van der Waals surface area contributed by atoms with Gasteiger partial charge in [-0.05, 0) is 35.9 Å². The van der Waals surface area contributed by atoms with Crippen molar-refractivity contribution in [1.29, 1.82) is 5.26 Å². The molecule has 0 saturated carbocycles. The quantitative estimate of drug-likeness (QED) is 0.915. The monoisotopic (exact) mass is 286 g/mol. The Labute approximate surface area is 123 Å². The lowest BCUT2D eigenvalue weighted by Gasteiger charge is -2.10. The molecule has 4 heteroatoms.